The molecule has 1 N–H and O–H groups in total. The van der Waals surface area contributed by atoms with Crippen LogP contribution in [-0.2, 0) is 4.74 Å². The van der Waals surface area contributed by atoms with Gasteiger partial charge in [0.2, 0.25) is 0 Å². The Labute approximate surface area is 102 Å². The molecule has 86 valence electrons. The van der Waals surface area contributed by atoms with Crippen LogP contribution in [0.5, 0.6) is 0 Å². The number of rotatable bonds is 2. The van der Waals surface area contributed by atoms with Gasteiger partial charge in [0.1, 0.15) is 11.9 Å². The molecule has 0 saturated heterocycles. The summed E-state index contributed by atoms with van der Waals surface area (Å²) in [6.45, 7) is 0.664. The topological polar surface area (TPSA) is 29.5 Å². The van der Waals surface area contributed by atoms with Gasteiger partial charge in [0.15, 0.2) is 0 Å². The first-order valence-corrected chi connectivity index (χ1v) is 5.91. The molecular formula is C12H12BrFO2. The normalized spacial score (nSPS) is 17.6. The van der Waals surface area contributed by atoms with Gasteiger partial charge in [-0.25, -0.2) is 4.39 Å². The van der Waals surface area contributed by atoms with Crippen molar-refractivity contribution >= 4 is 15.9 Å². The van der Waals surface area contributed by atoms with E-state index in [0.29, 0.717) is 6.61 Å². The lowest BCUT2D eigenvalue weighted by Crippen LogP contribution is -2.09. The molecule has 1 aliphatic heterocycles. The van der Waals surface area contributed by atoms with E-state index in [0.717, 1.165) is 22.9 Å². The number of halogens is 2. The summed E-state index contributed by atoms with van der Waals surface area (Å²) in [5.41, 5.74) is 1.01. The average Bonchev–Trinajstić information content (AvgIpc) is 2.32. The van der Waals surface area contributed by atoms with Gasteiger partial charge in [-0.2, -0.15) is 0 Å². The summed E-state index contributed by atoms with van der Waals surface area (Å²) in [4.78, 5) is 0. The summed E-state index contributed by atoms with van der Waals surface area (Å²) in [6, 6.07) is 4.54. The van der Waals surface area contributed by atoms with Gasteiger partial charge >= 0.3 is 0 Å². The van der Waals surface area contributed by atoms with Crippen LogP contribution in [0.3, 0.4) is 0 Å². The number of benzene rings is 1. The minimum Gasteiger partial charge on any atom is -0.501 e. The lowest BCUT2D eigenvalue weighted by molar-refractivity contribution is 0.167. The summed E-state index contributed by atoms with van der Waals surface area (Å²) in [7, 11) is 0. The van der Waals surface area contributed by atoms with E-state index in [1.165, 1.54) is 12.3 Å². The van der Waals surface area contributed by atoms with Gasteiger partial charge < -0.3 is 9.84 Å². The molecule has 0 spiro atoms. The van der Waals surface area contributed by atoms with Crippen LogP contribution in [0, 0.1) is 5.82 Å². The fraction of sp³-hybridized carbons (Fsp3) is 0.333. The minimum atomic E-state index is -0.919. The van der Waals surface area contributed by atoms with Crippen molar-refractivity contribution in [3.8, 4) is 0 Å². The van der Waals surface area contributed by atoms with Crippen molar-refractivity contribution in [3.63, 3.8) is 0 Å². The van der Waals surface area contributed by atoms with E-state index in [1.54, 1.807) is 12.1 Å². The molecule has 2 rings (SSSR count). The molecule has 1 aliphatic rings. The van der Waals surface area contributed by atoms with Gasteiger partial charge in [-0.3, -0.25) is 0 Å². The highest BCUT2D eigenvalue weighted by Gasteiger charge is 2.19. The minimum absolute atomic E-state index is 0.283. The molecule has 1 aromatic carbocycles. The van der Waals surface area contributed by atoms with Crippen molar-refractivity contribution < 1.29 is 14.2 Å². The van der Waals surface area contributed by atoms with E-state index in [2.05, 4.69) is 15.9 Å². The average molecular weight is 287 g/mol. The third kappa shape index (κ3) is 2.44. The number of aliphatic hydroxyl groups excluding tert-OH is 1. The van der Waals surface area contributed by atoms with E-state index in [-0.39, 0.29) is 5.56 Å². The van der Waals surface area contributed by atoms with Crippen molar-refractivity contribution in [2.45, 2.75) is 18.9 Å². The quantitative estimate of drug-likeness (QED) is 0.904. The van der Waals surface area contributed by atoms with Crippen LogP contribution in [0.2, 0.25) is 0 Å². The van der Waals surface area contributed by atoms with Crippen molar-refractivity contribution in [3.05, 3.63) is 45.9 Å². The van der Waals surface area contributed by atoms with Crippen molar-refractivity contribution in [2.75, 3.05) is 6.61 Å². The van der Waals surface area contributed by atoms with Crippen LogP contribution in [0.15, 0.2) is 34.5 Å². The maximum atomic E-state index is 13.5. The molecule has 0 aliphatic carbocycles. The second-order valence-corrected chi connectivity index (χ2v) is 4.65. The second-order valence-electron chi connectivity index (χ2n) is 3.74. The van der Waals surface area contributed by atoms with Crippen molar-refractivity contribution in [1.82, 2.24) is 0 Å². The van der Waals surface area contributed by atoms with Gasteiger partial charge in [0.05, 0.1) is 12.9 Å². The highest BCUT2D eigenvalue weighted by molar-refractivity contribution is 9.10. The van der Waals surface area contributed by atoms with E-state index in [4.69, 9.17) is 4.74 Å². The first-order valence-electron chi connectivity index (χ1n) is 5.12. The zero-order chi connectivity index (χ0) is 11.5. The van der Waals surface area contributed by atoms with Gasteiger partial charge in [0.25, 0.3) is 0 Å². The van der Waals surface area contributed by atoms with Crippen LogP contribution < -0.4 is 0 Å². The summed E-state index contributed by atoms with van der Waals surface area (Å²) in [5, 5.41) is 10.0. The fourth-order valence-electron chi connectivity index (χ4n) is 1.71. The third-order valence-corrected chi connectivity index (χ3v) is 3.06. The summed E-state index contributed by atoms with van der Waals surface area (Å²) < 4.78 is 19.4. The summed E-state index contributed by atoms with van der Waals surface area (Å²) >= 11 is 3.26. The molecule has 2 nitrogen and oxygen atoms in total. The predicted octanol–water partition coefficient (Wildman–Crippen LogP) is 3.32. The van der Waals surface area contributed by atoms with E-state index >= 15 is 0 Å². The molecule has 0 amide bonds. The Hall–Kier alpha value is -0.870. The lowest BCUT2D eigenvalue weighted by Gasteiger charge is -2.19. The largest absolute Gasteiger partial charge is 0.501 e. The van der Waals surface area contributed by atoms with Gasteiger partial charge in [-0.15, -0.1) is 0 Å². The van der Waals surface area contributed by atoms with Crippen LogP contribution in [-0.4, -0.2) is 11.7 Å². The molecule has 16 heavy (non-hydrogen) atoms. The maximum absolute atomic E-state index is 13.5. The third-order valence-electron chi connectivity index (χ3n) is 2.57. The SMILES string of the molecule is OC(C1=COCCC1)c1cc(Br)ccc1F. The molecule has 1 aromatic rings. The Morgan fingerprint density at radius 2 is 2.25 bits per heavy atom. The molecule has 0 fully saturated rings. The Morgan fingerprint density at radius 3 is 2.94 bits per heavy atom. The number of ether oxygens (including phenoxy) is 1. The lowest BCUT2D eigenvalue weighted by atomic mass is 9.98. The number of aliphatic hydroxyl groups is 1. The highest BCUT2D eigenvalue weighted by atomic mass is 79.9. The molecule has 0 radical (unpaired) electrons. The first kappa shape index (κ1) is 11.6. The van der Waals surface area contributed by atoms with E-state index < -0.39 is 11.9 Å². The molecule has 0 bridgehead atoms. The molecule has 4 heteroatoms. The monoisotopic (exact) mass is 286 g/mol. The number of hydrogen-bond donors (Lipinski definition) is 1. The Kier molecular flexibility index (Phi) is 3.61. The van der Waals surface area contributed by atoms with Gasteiger partial charge in [-0.1, -0.05) is 15.9 Å². The smallest absolute Gasteiger partial charge is 0.129 e. The molecule has 0 saturated carbocycles. The van der Waals surface area contributed by atoms with Crippen LogP contribution in [0.4, 0.5) is 4.39 Å². The van der Waals surface area contributed by atoms with E-state index in [9.17, 15) is 9.50 Å². The highest BCUT2D eigenvalue weighted by Crippen LogP contribution is 2.30. The van der Waals surface area contributed by atoms with Crippen molar-refractivity contribution in [1.29, 1.82) is 0 Å². The number of hydrogen-bond acceptors (Lipinski definition) is 2. The molecule has 1 atom stereocenters. The van der Waals surface area contributed by atoms with E-state index in [1.807, 2.05) is 0 Å². The standard InChI is InChI=1S/C12H12BrFO2/c13-9-3-4-11(14)10(6-9)12(15)8-2-1-5-16-7-8/h3-4,6-7,12,15H,1-2,5H2. The Bertz CT molecular complexity index is 417. The first-order chi connectivity index (χ1) is 7.68. The second kappa shape index (κ2) is 4.97. The molecule has 0 aromatic heterocycles. The molecule has 1 heterocycles. The molecular weight excluding hydrogens is 275 g/mol. The summed E-state index contributed by atoms with van der Waals surface area (Å²) in [6.07, 6.45) is 2.22. The zero-order valence-electron chi connectivity index (χ0n) is 8.62. The van der Waals surface area contributed by atoms with Gasteiger partial charge in [-0.05, 0) is 36.6 Å². The van der Waals surface area contributed by atoms with Crippen molar-refractivity contribution in [2.24, 2.45) is 0 Å². The zero-order valence-corrected chi connectivity index (χ0v) is 10.2. The van der Waals surface area contributed by atoms with Crippen LogP contribution in [0.25, 0.3) is 0 Å². The molecule has 1 unspecified atom stereocenters. The fourth-order valence-corrected chi connectivity index (χ4v) is 2.09. The Morgan fingerprint density at radius 1 is 1.44 bits per heavy atom. The van der Waals surface area contributed by atoms with Crippen LogP contribution >= 0.6 is 15.9 Å². The maximum Gasteiger partial charge on any atom is 0.129 e. The van der Waals surface area contributed by atoms with Gasteiger partial charge in [0, 0.05) is 10.0 Å². The Balaban J connectivity index is 2.29. The van der Waals surface area contributed by atoms with Crippen LogP contribution in [0.1, 0.15) is 24.5 Å². The summed E-state index contributed by atoms with van der Waals surface area (Å²) in [5.74, 6) is -0.401. The predicted molar refractivity (Wildman–Crippen MR) is 62.3 cm³/mol.